The number of nitriles is 1. The highest BCUT2D eigenvalue weighted by Crippen LogP contribution is 2.45. The second-order valence-electron chi connectivity index (χ2n) is 10.0. The highest BCUT2D eigenvalue weighted by molar-refractivity contribution is 6.02. The quantitative estimate of drug-likeness (QED) is 0.265. The number of nitrogens with one attached hydrogen (secondary N) is 3. The third-order valence-electron chi connectivity index (χ3n) is 7.17. The van der Waals surface area contributed by atoms with Crippen molar-refractivity contribution in [3.8, 4) is 6.07 Å². The van der Waals surface area contributed by atoms with Gasteiger partial charge in [-0.25, -0.2) is 4.98 Å². The molecule has 4 atom stereocenters. The van der Waals surface area contributed by atoms with E-state index in [4.69, 9.17) is 5.73 Å². The number of allylic oxidation sites excluding steroid dienone is 1. The number of benzene rings is 1. The maximum atomic E-state index is 12.2. The molecule has 0 radical (unpaired) electrons. The Hall–Kier alpha value is -4.36. The lowest BCUT2D eigenvalue weighted by atomic mass is 9.88. The molecule has 2 amide bonds. The molecule has 0 aliphatic heterocycles. The summed E-state index contributed by atoms with van der Waals surface area (Å²) in [5.74, 6) is -0.249. The summed E-state index contributed by atoms with van der Waals surface area (Å²) in [6, 6.07) is 9.44. The van der Waals surface area contributed by atoms with Gasteiger partial charge < -0.3 is 31.5 Å². The first kappa shape index (κ1) is 26.7. The number of anilines is 5. The van der Waals surface area contributed by atoms with Gasteiger partial charge in [-0.3, -0.25) is 9.59 Å². The van der Waals surface area contributed by atoms with Gasteiger partial charge in [-0.15, -0.1) is 0 Å². The zero-order valence-corrected chi connectivity index (χ0v) is 21.9. The highest BCUT2D eigenvalue weighted by atomic mass is 16.1. The fourth-order valence-electron chi connectivity index (χ4n) is 5.10. The van der Waals surface area contributed by atoms with E-state index in [1.54, 1.807) is 6.07 Å². The van der Waals surface area contributed by atoms with Gasteiger partial charge in [0, 0.05) is 44.1 Å². The van der Waals surface area contributed by atoms with Crippen LogP contribution in [0.3, 0.4) is 0 Å². The summed E-state index contributed by atoms with van der Waals surface area (Å²) in [4.78, 5) is 33.0. The Labute approximate surface area is 223 Å². The molecule has 1 aromatic carbocycles. The predicted molar refractivity (Wildman–Crippen MR) is 150 cm³/mol. The van der Waals surface area contributed by atoms with E-state index in [-0.39, 0.29) is 35.6 Å². The first-order valence-corrected chi connectivity index (χ1v) is 12.5. The molecule has 2 aliphatic rings. The Morgan fingerprint density at radius 2 is 1.92 bits per heavy atom. The number of rotatable bonds is 11. The number of carbonyl (C=O) groups is 2. The van der Waals surface area contributed by atoms with Gasteiger partial charge in [0.1, 0.15) is 11.9 Å². The Bertz CT molecular complexity index is 1300. The van der Waals surface area contributed by atoms with Gasteiger partial charge in [0.15, 0.2) is 0 Å². The van der Waals surface area contributed by atoms with Crippen molar-refractivity contribution in [1.82, 2.24) is 9.88 Å². The number of hydrogen-bond donors (Lipinski definition) is 4. The fourth-order valence-corrected chi connectivity index (χ4v) is 5.10. The largest absolute Gasteiger partial charge is 0.380 e. The number of primary amides is 1. The van der Waals surface area contributed by atoms with E-state index in [0.717, 1.165) is 25.2 Å². The molecule has 5 N–H and O–H groups in total. The van der Waals surface area contributed by atoms with Crippen molar-refractivity contribution >= 4 is 40.4 Å². The number of fused-ring (bicyclic) bond motifs is 2. The molecule has 4 rings (SSSR count). The lowest BCUT2D eigenvalue weighted by molar-refractivity contribution is -0.122. The topological polar surface area (TPSA) is 139 Å². The summed E-state index contributed by atoms with van der Waals surface area (Å²) < 4.78 is 0. The molecule has 198 valence electrons. The van der Waals surface area contributed by atoms with Crippen molar-refractivity contribution in [2.75, 3.05) is 55.1 Å². The predicted octanol–water partition coefficient (Wildman–Crippen LogP) is 2.91. The van der Waals surface area contributed by atoms with Crippen molar-refractivity contribution in [1.29, 1.82) is 5.26 Å². The zero-order valence-electron chi connectivity index (χ0n) is 21.9. The van der Waals surface area contributed by atoms with E-state index < -0.39 is 0 Å². The van der Waals surface area contributed by atoms with Crippen molar-refractivity contribution in [2.24, 2.45) is 23.5 Å². The number of aromatic nitrogens is 1. The second kappa shape index (κ2) is 11.4. The van der Waals surface area contributed by atoms with Crippen molar-refractivity contribution in [2.45, 2.75) is 12.5 Å². The molecule has 10 heteroatoms. The summed E-state index contributed by atoms with van der Waals surface area (Å²) in [7, 11) is 6.04. The molecule has 1 aromatic heterocycles. The Morgan fingerprint density at radius 3 is 2.61 bits per heavy atom. The molecule has 1 fully saturated rings. The maximum absolute atomic E-state index is 12.2. The van der Waals surface area contributed by atoms with Crippen LogP contribution >= 0.6 is 0 Å². The molecule has 10 nitrogen and oxygen atoms in total. The fraction of sp³-hybridized carbons (Fsp3) is 0.357. The van der Waals surface area contributed by atoms with Gasteiger partial charge in [0.25, 0.3) is 0 Å². The van der Waals surface area contributed by atoms with Gasteiger partial charge in [0.2, 0.25) is 11.8 Å². The van der Waals surface area contributed by atoms with E-state index in [1.807, 2.05) is 39.3 Å². The first-order valence-electron chi connectivity index (χ1n) is 12.5. The van der Waals surface area contributed by atoms with Crippen LogP contribution < -0.4 is 26.6 Å². The highest BCUT2D eigenvalue weighted by Gasteiger charge is 2.47. The normalized spacial score (nSPS) is 21.1. The van der Waals surface area contributed by atoms with Crippen molar-refractivity contribution < 1.29 is 9.59 Å². The van der Waals surface area contributed by atoms with Gasteiger partial charge in [-0.1, -0.05) is 18.7 Å². The van der Waals surface area contributed by atoms with Gasteiger partial charge in [-0.2, -0.15) is 5.26 Å². The van der Waals surface area contributed by atoms with Crippen LogP contribution in [0, 0.1) is 29.1 Å². The Kier molecular flexibility index (Phi) is 7.98. The van der Waals surface area contributed by atoms with Crippen LogP contribution in [0.15, 0.2) is 55.3 Å². The van der Waals surface area contributed by atoms with Crippen molar-refractivity contribution in [3.63, 3.8) is 0 Å². The average Bonchev–Trinajstić information content (AvgIpc) is 3.50. The third-order valence-corrected chi connectivity index (χ3v) is 7.17. The molecule has 0 unspecified atom stereocenters. The molecule has 0 saturated heterocycles. The van der Waals surface area contributed by atoms with E-state index in [0.29, 0.717) is 28.4 Å². The molecule has 1 heterocycles. The summed E-state index contributed by atoms with van der Waals surface area (Å²) in [6.07, 6.45) is 7.74. The van der Waals surface area contributed by atoms with Gasteiger partial charge in [-0.05, 0) is 56.6 Å². The van der Waals surface area contributed by atoms with Crippen LogP contribution in [0.5, 0.6) is 0 Å². The lowest BCUT2D eigenvalue weighted by Crippen LogP contribution is -2.41. The van der Waals surface area contributed by atoms with Gasteiger partial charge >= 0.3 is 0 Å². The van der Waals surface area contributed by atoms with Crippen LogP contribution in [-0.2, 0) is 9.59 Å². The average molecular weight is 515 g/mol. The smallest absolute Gasteiger partial charge is 0.247 e. The molecule has 2 aliphatic carbocycles. The van der Waals surface area contributed by atoms with E-state index in [9.17, 15) is 14.9 Å². The van der Waals surface area contributed by atoms with E-state index in [2.05, 4.69) is 55.5 Å². The summed E-state index contributed by atoms with van der Waals surface area (Å²) >= 11 is 0. The maximum Gasteiger partial charge on any atom is 0.247 e. The second-order valence-corrected chi connectivity index (χ2v) is 10.0. The van der Waals surface area contributed by atoms with Gasteiger partial charge in [0.05, 0.1) is 28.5 Å². The molecule has 2 aromatic rings. The number of likely N-dealkylation sites (N-methyl/N-ethyl adjacent to an activating group) is 2. The number of carbonyl (C=O) groups excluding carboxylic acids is 2. The number of nitrogens with zero attached hydrogens (tertiary/aromatic N) is 4. The monoisotopic (exact) mass is 514 g/mol. The Morgan fingerprint density at radius 1 is 1.16 bits per heavy atom. The SMILES string of the molecule is C=CC(=O)Nc1cc(N(C)CCN(C)C)ccc1Nc1cc(N[C@H]2[C@@H](C(N)=O)[C@@H]3C=C[C@H]2C3)c(C#N)cn1. The van der Waals surface area contributed by atoms with Crippen LogP contribution in [0.1, 0.15) is 12.0 Å². The molecule has 1 saturated carbocycles. The molecular formula is C28H34N8O2. The minimum absolute atomic E-state index is 0.116. The summed E-state index contributed by atoms with van der Waals surface area (Å²) in [5.41, 5.74) is 8.78. The third kappa shape index (κ3) is 5.79. The molecule has 38 heavy (non-hydrogen) atoms. The van der Waals surface area contributed by atoms with Crippen LogP contribution in [0.25, 0.3) is 0 Å². The molecular weight excluding hydrogens is 480 g/mol. The standard InChI is InChI=1S/C28H34N8O2/c1-5-25(37)33-23-13-20(36(4)11-10-35(2)3)8-9-21(23)32-24-14-22(19(15-29)16-31-24)34-27-18-7-6-17(12-18)26(27)28(30)38/h5-9,13-14,16-18,26-27H,1,10-12H2,2-4H3,(H2,30,38)(H,33,37)(H2,31,32,34)/t17-,18+,26+,27-/m1/s1. The van der Waals surface area contributed by atoms with E-state index in [1.165, 1.54) is 12.3 Å². The summed E-state index contributed by atoms with van der Waals surface area (Å²) in [5, 5.41) is 19.2. The van der Waals surface area contributed by atoms with Crippen LogP contribution in [-0.4, -0.2) is 62.0 Å². The number of pyridine rings is 1. The molecule has 2 bridgehead atoms. The number of nitrogens with two attached hydrogens (primary N) is 1. The minimum Gasteiger partial charge on any atom is -0.380 e. The number of amides is 2. The minimum atomic E-state index is -0.344. The molecule has 0 spiro atoms. The number of hydrogen-bond acceptors (Lipinski definition) is 8. The van der Waals surface area contributed by atoms with E-state index >= 15 is 0 Å². The first-order chi connectivity index (χ1) is 18.2. The van der Waals surface area contributed by atoms with Crippen LogP contribution in [0.2, 0.25) is 0 Å². The summed E-state index contributed by atoms with van der Waals surface area (Å²) in [6.45, 7) is 5.24. The Balaban J connectivity index is 1.60. The van der Waals surface area contributed by atoms with Crippen LogP contribution in [0.4, 0.5) is 28.6 Å². The van der Waals surface area contributed by atoms with Crippen molar-refractivity contribution in [3.05, 3.63) is 60.8 Å². The lowest BCUT2D eigenvalue weighted by Gasteiger charge is -2.28. The zero-order chi connectivity index (χ0) is 27.4.